The molecule has 7 nitrogen and oxygen atoms in total. The fraction of sp³-hybridized carbons (Fsp3) is 0.378. The lowest BCUT2D eigenvalue weighted by Crippen LogP contribution is -2.28. The molecule has 4 rings (SSSR count). The summed E-state index contributed by atoms with van der Waals surface area (Å²) in [6.07, 6.45) is 14.2. The smallest absolute Gasteiger partial charge is 0.135 e. The number of anilines is 2. The minimum atomic E-state index is -0.249. The molecule has 1 fully saturated rings. The first-order chi connectivity index (χ1) is 25.4. The number of pyridine rings is 2. The van der Waals surface area contributed by atoms with Crippen molar-refractivity contribution in [1.82, 2.24) is 25.5 Å². The first-order valence-corrected chi connectivity index (χ1v) is 18.7. The second-order valence-corrected chi connectivity index (χ2v) is 14.0. The maximum absolute atomic E-state index is 14.9. The van der Waals surface area contributed by atoms with E-state index in [0.29, 0.717) is 17.2 Å². The van der Waals surface area contributed by atoms with Gasteiger partial charge in [-0.3, -0.25) is 4.98 Å². The van der Waals surface area contributed by atoms with Crippen molar-refractivity contribution < 1.29 is 4.39 Å². The number of rotatable bonds is 17. The second-order valence-electron chi connectivity index (χ2n) is 14.0. The SMILES string of the molecule is C=C/C=C(\C(C)=C(/C)NC(=C)C(=C)c1cc(-c2cncc(NC(=C)CC3CCNCC3)c2)cnc1N(C)C)c1cc(F)cc(CCCN(C)C)c1.CC. The van der Waals surface area contributed by atoms with Gasteiger partial charge in [-0.2, -0.15) is 0 Å². The van der Waals surface area contributed by atoms with Gasteiger partial charge in [0.2, 0.25) is 0 Å². The number of nitrogens with zero attached hydrogens (tertiary/aromatic N) is 4. The monoisotopic (exact) mass is 720 g/mol. The molecule has 53 heavy (non-hydrogen) atoms. The van der Waals surface area contributed by atoms with E-state index in [0.717, 1.165) is 101 Å². The van der Waals surface area contributed by atoms with Crippen LogP contribution in [0.25, 0.3) is 22.3 Å². The number of nitrogens with one attached hydrogen (secondary N) is 3. The van der Waals surface area contributed by atoms with Crippen molar-refractivity contribution in [3.05, 3.63) is 133 Å². The Bertz CT molecular complexity index is 1790. The lowest BCUT2D eigenvalue weighted by Gasteiger charge is -2.23. The maximum Gasteiger partial charge on any atom is 0.135 e. The molecule has 3 heterocycles. The quantitative estimate of drug-likeness (QED) is 0.120. The zero-order valence-electron chi connectivity index (χ0n) is 33.5. The molecule has 0 radical (unpaired) electrons. The van der Waals surface area contributed by atoms with Crippen molar-refractivity contribution >= 4 is 22.7 Å². The molecule has 8 heteroatoms. The topological polar surface area (TPSA) is 68.3 Å². The highest BCUT2D eigenvalue weighted by Crippen LogP contribution is 2.33. The fourth-order valence-corrected chi connectivity index (χ4v) is 6.41. The zero-order chi connectivity index (χ0) is 39.1. The summed E-state index contributed by atoms with van der Waals surface area (Å²) in [5, 5.41) is 10.4. The van der Waals surface area contributed by atoms with E-state index in [1.807, 2.05) is 85.5 Å². The molecular formula is C45H62FN7. The highest BCUT2D eigenvalue weighted by molar-refractivity contribution is 5.86. The molecule has 3 aromatic rings. The summed E-state index contributed by atoms with van der Waals surface area (Å²) in [6, 6.07) is 9.45. The first kappa shape index (κ1) is 42.6. The average Bonchev–Trinajstić information content (AvgIpc) is 3.13. The Labute approximate surface area is 319 Å². The first-order valence-electron chi connectivity index (χ1n) is 18.7. The predicted molar refractivity (Wildman–Crippen MR) is 227 cm³/mol. The number of aromatic nitrogens is 2. The molecule has 2 aromatic heterocycles. The molecule has 1 aromatic carbocycles. The fourth-order valence-electron chi connectivity index (χ4n) is 6.41. The van der Waals surface area contributed by atoms with Gasteiger partial charge in [-0.1, -0.05) is 58.4 Å². The molecule has 0 atom stereocenters. The second kappa shape index (κ2) is 21.0. The summed E-state index contributed by atoms with van der Waals surface area (Å²) >= 11 is 0. The Morgan fingerprint density at radius 1 is 0.962 bits per heavy atom. The van der Waals surface area contributed by atoms with Crippen molar-refractivity contribution in [2.75, 3.05) is 58.0 Å². The molecule has 0 spiro atoms. The van der Waals surface area contributed by atoms with Gasteiger partial charge in [-0.25, -0.2) is 9.37 Å². The third-order valence-corrected chi connectivity index (χ3v) is 9.29. The normalized spacial score (nSPS) is 13.7. The molecule has 0 amide bonds. The zero-order valence-corrected chi connectivity index (χ0v) is 33.5. The minimum absolute atomic E-state index is 0.249. The summed E-state index contributed by atoms with van der Waals surface area (Å²) in [5.74, 6) is 1.17. The predicted octanol–water partition coefficient (Wildman–Crippen LogP) is 9.86. The van der Waals surface area contributed by atoms with Gasteiger partial charge in [-0.05, 0) is 132 Å². The van der Waals surface area contributed by atoms with Crippen LogP contribution in [0.4, 0.5) is 15.9 Å². The van der Waals surface area contributed by atoms with Crippen LogP contribution >= 0.6 is 0 Å². The molecule has 0 bridgehead atoms. The lowest BCUT2D eigenvalue weighted by atomic mass is 9.93. The molecule has 284 valence electrons. The van der Waals surface area contributed by atoms with E-state index in [-0.39, 0.29) is 5.82 Å². The van der Waals surface area contributed by atoms with Crippen LogP contribution in [0.2, 0.25) is 0 Å². The van der Waals surface area contributed by atoms with Crippen LogP contribution in [0.1, 0.15) is 70.1 Å². The number of aryl methyl sites for hydroxylation is 1. The van der Waals surface area contributed by atoms with Crippen LogP contribution < -0.4 is 20.9 Å². The summed E-state index contributed by atoms with van der Waals surface area (Å²) < 4.78 is 14.9. The van der Waals surface area contributed by atoms with Gasteiger partial charge in [-0.15, -0.1) is 0 Å². The number of piperidine rings is 1. The summed E-state index contributed by atoms with van der Waals surface area (Å²) in [7, 11) is 8.02. The molecule has 1 aliphatic heterocycles. The van der Waals surface area contributed by atoms with Crippen LogP contribution in [0.3, 0.4) is 0 Å². The molecule has 0 unspecified atom stereocenters. The van der Waals surface area contributed by atoms with E-state index in [4.69, 9.17) is 4.98 Å². The Morgan fingerprint density at radius 2 is 1.66 bits per heavy atom. The van der Waals surface area contributed by atoms with Crippen LogP contribution in [0.15, 0.2) is 110 Å². The largest absolute Gasteiger partial charge is 0.362 e. The summed E-state index contributed by atoms with van der Waals surface area (Å²) in [4.78, 5) is 13.5. The van der Waals surface area contributed by atoms with E-state index in [1.165, 1.54) is 12.8 Å². The Hall–Kier alpha value is -4.79. The van der Waals surface area contributed by atoms with E-state index in [1.54, 1.807) is 18.2 Å². The van der Waals surface area contributed by atoms with E-state index >= 15 is 0 Å². The molecule has 1 aliphatic rings. The third kappa shape index (κ3) is 12.7. The van der Waals surface area contributed by atoms with Gasteiger partial charge in [0.15, 0.2) is 0 Å². The maximum atomic E-state index is 14.9. The van der Waals surface area contributed by atoms with Gasteiger partial charge >= 0.3 is 0 Å². The summed E-state index contributed by atoms with van der Waals surface area (Å²) in [5.41, 5.74) is 10.4. The van der Waals surface area contributed by atoms with Gasteiger partial charge in [0.05, 0.1) is 11.9 Å². The Kier molecular flexibility index (Phi) is 16.9. The Morgan fingerprint density at radius 3 is 2.32 bits per heavy atom. The number of hydrogen-bond donors (Lipinski definition) is 3. The molecule has 0 saturated carbocycles. The summed E-state index contributed by atoms with van der Waals surface area (Å²) in [6.45, 7) is 28.1. The number of hydrogen-bond acceptors (Lipinski definition) is 7. The number of halogens is 1. The third-order valence-electron chi connectivity index (χ3n) is 9.29. The minimum Gasteiger partial charge on any atom is -0.362 e. The van der Waals surface area contributed by atoms with Crippen molar-refractivity contribution in [3.63, 3.8) is 0 Å². The molecule has 1 saturated heterocycles. The van der Waals surface area contributed by atoms with Crippen LogP contribution in [0.5, 0.6) is 0 Å². The highest BCUT2D eigenvalue weighted by atomic mass is 19.1. The average molecular weight is 720 g/mol. The van der Waals surface area contributed by atoms with Crippen LogP contribution in [0, 0.1) is 11.7 Å². The highest BCUT2D eigenvalue weighted by Gasteiger charge is 2.18. The van der Waals surface area contributed by atoms with Crippen molar-refractivity contribution in [2.24, 2.45) is 5.92 Å². The molecule has 0 aliphatic carbocycles. The van der Waals surface area contributed by atoms with Gasteiger partial charge in [0.25, 0.3) is 0 Å². The van der Waals surface area contributed by atoms with Gasteiger partial charge in [0, 0.05) is 65.8 Å². The van der Waals surface area contributed by atoms with Crippen molar-refractivity contribution in [3.8, 4) is 11.1 Å². The molecule has 3 N–H and O–H groups in total. The van der Waals surface area contributed by atoms with Crippen molar-refractivity contribution in [2.45, 2.75) is 59.8 Å². The Balaban J connectivity index is 0.00000372. The van der Waals surface area contributed by atoms with E-state index in [9.17, 15) is 4.39 Å². The van der Waals surface area contributed by atoms with Crippen LogP contribution in [-0.2, 0) is 6.42 Å². The van der Waals surface area contributed by atoms with E-state index in [2.05, 4.69) is 70.3 Å². The lowest BCUT2D eigenvalue weighted by molar-refractivity contribution is 0.373. The number of benzene rings is 1. The van der Waals surface area contributed by atoms with Gasteiger partial charge < -0.3 is 25.8 Å². The number of allylic oxidation sites excluding steroid dienone is 7. The van der Waals surface area contributed by atoms with Crippen LogP contribution in [-0.4, -0.2) is 62.7 Å². The van der Waals surface area contributed by atoms with E-state index < -0.39 is 0 Å². The molecular weight excluding hydrogens is 658 g/mol. The van der Waals surface area contributed by atoms with Crippen molar-refractivity contribution in [1.29, 1.82) is 0 Å². The van der Waals surface area contributed by atoms with Gasteiger partial charge in [0.1, 0.15) is 11.6 Å². The standard InChI is InChI=1S/C43H56FN7.C2H6/c1-11-13-41(36-21-35(22-39(44)23-36)14-12-19-50(7)8)30(3)32(5)49-33(6)31(4)42-25-38(27-47-43(42)51(9)10)37-24-40(28-46-26-37)48-29(2)20-34-15-17-45-18-16-34;1-2/h11,13,21-28,34,45,48-49H,1-2,4,6,12,14-20H2,3,5,7-10H3;1-2H3/b32-30+,41-13+;.